The van der Waals surface area contributed by atoms with Crippen LogP contribution >= 0.6 is 0 Å². The molecule has 0 fully saturated rings. The van der Waals surface area contributed by atoms with Gasteiger partial charge in [0.05, 0.1) is 0 Å². The van der Waals surface area contributed by atoms with Gasteiger partial charge in [0.2, 0.25) is 0 Å². The SMILES string of the molecule is C1=CC2=CC(Cc3ccccc3)c3cccc(c32)C1. The van der Waals surface area contributed by atoms with Gasteiger partial charge in [-0.05, 0) is 40.7 Å². The summed E-state index contributed by atoms with van der Waals surface area (Å²) in [6, 6.07) is 17.6. The van der Waals surface area contributed by atoms with Crippen molar-refractivity contribution >= 4 is 5.57 Å². The van der Waals surface area contributed by atoms with Gasteiger partial charge in [-0.25, -0.2) is 0 Å². The molecule has 0 saturated heterocycles. The predicted octanol–water partition coefficient (Wildman–Crippen LogP) is 4.52. The van der Waals surface area contributed by atoms with E-state index in [9.17, 15) is 0 Å². The van der Waals surface area contributed by atoms with Gasteiger partial charge in [-0.1, -0.05) is 66.8 Å². The van der Waals surface area contributed by atoms with Crippen LogP contribution in [0.1, 0.15) is 28.2 Å². The topological polar surface area (TPSA) is 0 Å². The fourth-order valence-electron chi connectivity index (χ4n) is 3.33. The molecular formula is C19H16. The second-order valence-electron chi connectivity index (χ2n) is 5.41. The van der Waals surface area contributed by atoms with Crippen molar-refractivity contribution in [1.29, 1.82) is 0 Å². The molecule has 0 spiro atoms. The monoisotopic (exact) mass is 244 g/mol. The Labute approximate surface area is 114 Å². The molecule has 19 heavy (non-hydrogen) atoms. The van der Waals surface area contributed by atoms with Crippen LogP contribution < -0.4 is 0 Å². The second-order valence-corrected chi connectivity index (χ2v) is 5.41. The van der Waals surface area contributed by atoms with Crippen LogP contribution in [0.3, 0.4) is 0 Å². The van der Waals surface area contributed by atoms with Crippen LogP contribution in [0.15, 0.2) is 66.8 Å². The van der Waals surface area contributed by atoms with Crippen molar-refractivity contribution in [2.45, 2.75) is 18.8 Å². The summed E-state index contributed by atoms with van der Waals surface area (Å²) in [7, 11) is 0. The fourth-order valence-corrected chi connectivity index (χ4v) is 3.33. The Balaban J connectivity index is 1.76. The van der Waals surface area contributed by atoms with Crippen LogP contribution in [0.25, 0.3) is 5.57 Å². The van der Waals surface area contributed by atoms with E-state index in [2.05, 4.69) is 66.8 Å². The fraction of sp³-hybridized carbons (Fsp3) is 0.158. The lowest BCUT2D eigenvalue weighted by molar-refractivity contribution is 0.848. The summed E-state index contributed by atoms with van der Waals surface area (Å²) in [6.07, 6.45) is 9.20. The molecule has 0 heterocycles. The van der Waals surface area contributed by atoms with E-state index >= 15 is 0 Å². The zero-order valence-corrected chi connectivity index (χ0v) is 10.8. The van der Waals surface area contributed by atoms with E-state index in [1.165, 1.54) is 27.8 Å². The minimum atomic E-state index is 0.537. The molecule has 0 N–H and O–H groups in total. The molecule has 2 aliphatic carbocycles. The molecule has 2 aromatic rings. The summed E-state index contributed by atoms with van der Waals surface area (Å²) in [6.45, 7) is 0. The molecule has 92 valence electrons. The van der Waals surface area contributed by atoms with Crippen molar-refractivity contribution in [1.82, 2.24) is 0 Å². The Hall–Kier alpha value is -2.08. The lowest BCUT2D eigenvalue weighted by Gasteiger charge is -2.15. The minimum absolute atomic E-state index is 0.537. The summed E-state index contributed by atoms with van der Waals surface area (Å²) < 4.78 is 0. The van der Waals surface area contributed by atoms with Gasteiger partial charge in [0.15, 0.2) is 0 Å². The Morgan fingerprint density at radius 1 is 0.947 bits per heavy atom. The molecule has 1 atom stereocenters. The zero-order chi connectivity index (χ0) is 12.7. The van der Waals surface area contributed by atoms with Crippen LogP contribution in [0.2, 0.25) is 0 Å². The molecule has 0 aromatic heterocycles. The summed E-state index contributed by atoms with van der Waals surface area (Å²) in [5.41, 5.74) is 7.36. The number of rotatable bonds is 2. The summed E-state index contributed by atoms with van der Waals surface area (Å²) in [5.74, 6) is 0.537. The third kappa shape index (κ3) is 1.76. The van der Waals surface area contributed by atoms with E-state index in [0.29, 0.717) is 5.92 Å². The average Bonchev–Trinajstić information content (AvgIpc) is 2.81. The third-order valence-electron chi connectivity index (χ3n) is 4.19. The maximum Gasteiger partial charge on any atom is 0.00738 e. The highest BCUT2D eigenvalue weighted by Gasteiger charge is 2.25. The van der Waals surface area contributed by atoms with Crippen LogP contribution in [0, 0.1) is 0 Å². The molecule has 0 aliphatic heterocycles. The van der Waals surface area contributed by atoms with Crippen molar-refractivity contribution < 1.29 is 0 Å². The summed E-state index contributed by atoms with van der Waals surface area (Å²) in [5, 5.41) is 0. The molecule has 0 bridgehead atoms. The first kappa shape index (κ1) is 10.8. The Kier molecular flexibility index (Phi) is 2.41. The van der Waals surface area contributed by atoms with Gasteiger partial charge < -0.3 is 0 Å². The molecule has 0 saturated carbocycles. The van der Waals surface area contributed by atoms with Crippen molar-refractivity contribution in [3.63, 3.8) is 0 Å². The first-order chi connectivity index (χ1) is 9.42. The van der Waals surface area contributed by atoms with Crippen LogP contribution in [-0.2, 0) is 12.8 Å². The van der Waals surface area contributed by atoms with E-state index in [-0.39, 0.29) is 0 Å². The van der Waals surface area contributed by atoms with E-state index < -0.39 is 0 Å². The first-order valence-corrected chi connectivity index (χ1v) is 6.96. The number of hydrogen-bond acceptors (Lipinski definition) is 0. The van der Waals surface area contributed by atoms with Gasteiger partial charge in [0.1, 0.15) is 0 Å². The zero-order valence-electron chi connectivity index (χ0n) is 10.8. The quantitative estimate of drug-likeness (QED) is 0.728. The highest BCUT2D eigenvalue weighted by atomic mass is 14.3. The second kappa shape index (κ2) is 4.24. The molecule has 2 aliphatic rings. The normalized spacial score (nSPS) is 19.2. The van der Waals surface area contributed by atoms with Crippen molar-refractivity contribution in [2.24, 2.45) is 0 Å². The number of allylic oxidation sites excluding steroid dienone is 4. The lowest BCUT2D eigenvalue weighted by atomic mass is 9.89. The maximum absolute atomic E-state index is 2.44. The van der Waals surface area contributed by atoms with Crippen molar-refractivity contribution in [3.8, 4) is 0 Å². The van der Waals surface area contributed by atoms with Gasteiger partial charge in [0.25, 0.3) is 0 Å². The van der Waals surface area contributed by atoms with Gasteiger partial charge >= 0.3 is 0 Å². The number of hydrogen-bond donors (Lipinski definition) is 0. The van der Waals surface area contributed by atoms with Crippen molar-refractivity contribution in [3.05, 3.63) is 89.0 Å². The Bertz CT molecular complexity index is 674. The van der Waals surface area contributed by atoms with E-state index in [0.717, 1.165) is 12.8 Å². The van der Waals surface area contributed by atoms with E-state index in [1.54, 1.807) is 0 Å². The molecular weight excluding hydrogens is 228 g/mol. The van der Waals surface area contributed by atoms with Gasteiger partial charge in [-0.15, -0.1) is 0 Å². The summed E-state index contributed by atoms with van der Waals surface area (Å²) >= 11 is 0. The summed E-state index contributed by atoms with van der Waals surface area (Å²) in [4.78, 5) is 0. The molecule has 1 unspecified atom stereocenters. The van der Waals surface area contributed by atoms with Gasteiger partial charge in [0, 0.05) is 5.92 Å². The largest absolute Gasteiger partial charge is 0.0795 e. The van der Waals surface area contributed by atoms with E-state index in [1.807, 2.05) is 0 Å². The molecule has 4 rings (SSSR count). The molecule has 0 radical (unpaired) electrons. The first-order valence-electron chi connectivity index (χ1n) is 6.96. The third-order valence-corrected chi connectivity index (χ3v) is 4.19. The highest BCUT2D eigenvalue weighted by molar-refractivity contribution is 5.84. The number of benzene rings is 2. The molecule has 0 nitrogen and oxygen atoms in total. The Morgan fingerprint density at radius 3 is 2.74 bits per heavy atom. The van der Waals surface area contributed by atoms with Crippen LogP contribution in [0.4, 0.5) is 0 Å². The molecule has 0 heteroatoms. The van der Waals surface area contributed by atoms with Gasteiger partial charge in [-0.3, -0.25) is 0 Å². The molecule has 2 aromatic carbocycles. The smallest absolute Gasteiger partial charge is 0.00738 e. The predicted molar refractivity (Wildman–Crippen MR) is 80.2 cm³/mol. The van der Waals surface area contributed by atoms with E-state index in [4.69, 9.17) is 0 Å². The van der Waals surface area contributed by atoms with Crippen LogP contribution in [-0.4, -0.2) is 0 Å². The van der Waals surface area contributed by atoms with Crippen LogP contribution in [0.5, 0.6) is 0 Å². The minimum Gasteiger partial charge on any atom is -0.0795 e. The van der Waals surface area contributed by atoms with Gasteiger partial charge in [-0.2, -0.15) is 0 Å². The Morgan fingerprint density at radius 2 is 1.84 bits per heavy atom. The lowest BCUT2D eigenvalue weighted by Crippen LogP contribution is -2.00. The van der Waals surface area contributed by atoms with Crippen molar-refractivity contribution in [2.75, 3.05) is 0 Å². The maximum atomic E-state index is 2.44. The standard InChI is InChI=1S/C19H16/c1-2-6-14(7-3-1)12-17-13-16-10-4-8-15-9-5-11-18(17)19(15)16/h1-7,9-11,13,17H,8,12H2. The average molecular weight is 244 g/mol. The molecule has 0 amide bonds. The highest BCUT2D eigenvalue weighted by Crippen LogP contribution is 2.42.